The average molecular weight is 316 g/mol. The molecule has 0 spiro atoms. The molecule has 1 aliphatic carbocycles. The molecule has 0 amide bonds. The van der Waals surface area contributed by atoms with E-state index in [1.807, 2.05) is 11.3 Å². The number of halogens is 1. The van der Waals surface area contributed by atoms with Gasteiger partial charge in [0, 0.05) is 26.8 Å². The summed E-state index contributed by atoms with van der Waals surface area (Å²) in [4.78, 5) is 1.43. The van der Waals surface area contributed by atoms with Crippen molar-refractivity contribution in [3.8, 4) is 0 Å². The summed E-state index contributed by atoms with van der Waals surface area (Å²) in [5.41, 5.74) is 0. The Kier molecular flexibility index (Phi) is 4.67. The fraction of sp³-hybridized carbons (Fsp3) is 0.714. The fourth-order valence-corrected chi connectivity index (χ4v) is 4.48. The molecule has 0 bridgehead atoms. The van der Waals surface area contributed by atoms with Gasteiger partial charge in [-0.05, 0) is 53.6 Å². The van der Waals surface area contributed by atoms with Crippen molar-refractivity contribution in [3.63, 3.8) is 0 Å². The molecule has 1 nitrogen and oxygen atoms in total. The highest BCUT2D eigenvalue weighted by Gasteiger charge is 2.32. The molecule has 0 aliphatic heterocycles. The lowest BCUT2D eigenvalue weighted by Crippen LogP contribution is -2.34. The zero-order valence-electron chi connectivity index (χ0n) is 10.9. The quantitative estimate of drug-likeness (QED) is 0.825. The summed E-state index contributed by atoms with van der Waals surface area (Å²) in [6.45, 7) is 7.02. The maximum atomic E-state index is 3.81. The highest BCUT2D eigenvalue weighted by atomic mass is 79.9. The van der Waals surface area contributed by atoms with E-state index in [1.54, 1.807) is 0 Å². The lowest BCUT2D eigenvalue weighted by Gasteiger charge is -2.24. The van der Waals surface area contributed by atoms with Gasteiger partial charge in [-0.15, -0.1) is 11.3 Å². The van der Waals surface area contributed by atoms with E-state index in [0.29, 0.717) is 12.1 Å². The van der Waals surface area contributed by atoms with Crippen LogP contribution in [0.4, 0.5) is 0 Å². The Bertz CT molecular complexity index is 363. The molecule has 1 aromatic rings. The molecule has 1 fully saturated rings. The van der Waals surface area contributed by atoms with Crippen LogP contribution in [0.25, 0.3) is 0 Å². The summed E-state index contributed by atoms with van der Waals surface area (Å²) in [6, 6.07) is 3.42. The first-order chi connectivity index (χ1) is 8.11. The Balaban J connectivity index is 1.93. The van der Waals surface area contributed by atoms with Crippen molar-refractivity contribution in [1.82, 2.24) is 5.32 Å². The van der Waals surface area contributed by atoms with Crippen LogP contribution in [0.3, 0.4) is 0 Å². The van der Waals surface area contributed by atoms with Crippen molar-refractivity contribution < 1.29 is 0 Å². The van der Waals surface area contributed by atoms with Crippen molar-refractivity contribution in [3.05, 3.63) is 20.8 Å². The molecular weight excluding hydrogens is 294 g/mol. The highest BCUT2D eigenvalue weighted by Crippen LogP contribution is 2.35. The summed E-state index contributed by atoms with van der Waals surface area (Å²) in [7, 11) is 0. The van der Waals surface area contributed by atoms with Crippen LogP contribution in [0.1, 0.15) is 51.0 Å². The number of rotatable bonds is 4. The lowest BCUT2D eigenvalue weighted by atomic mass is 9.93. The van der Waals surface area contributed by atoms with Crippen LogP contribution in [-0.2, 0) is 0 Å². The van der Waals surface area contributed by atoms with Crippen LogP contribution < -0.4 is 5.32 Å². The van der Waals surface area contributed by atoms with Gasteiger partial charge in [-0.3, -0.25) is 0 Å². The zero-order chi connectivity index (χ0) is 12.4. The smallest absolute Gasteiger partial charge is 0.0388 e. The van der Waals surface area contributed by atoms with E-state index in [2.05, 4.69) is 53.5 Å². The van der Waals surface area contributed by atoms with Gasteiger partial charge in [0.1, 0.15) is 0 Å². The predicted octanol–water partition coefficient (Wildman–Crippen LogP) is 4.99. The third kappa shape index (κ3) is 3.12. The number of hydrogen-bond acceptors (Lipinski definition) is 2. The van der Waals surface area contributed by atoms with Gasteiger partial charge < -0.3 is 5.32 Å². The summed E-state index contributed by atoms with van der Waals surface area (Å²) < 4.78 is 1.21. The van der Waals surface area contributed by atoms with Crippen LogP contribution in [0.5, 0.6) is 0 Å². The number of hydrogen-bond donors (Lipinski definition) is 1. The van der Waals surface area contributed by atoms with E-state index in [-0.39, 0.29) is 0 Å². The van der Waals surface area contributed by atoms with Crippen molar-refractivity contribution in [2.45, 2.75) is 52.1 Å². The third-order valence-electron chi connectivity index (χ3n) is 4.23. The minimum absolute atomic E-state index is 0.481. The molecule has 96 valence electrons. The van der Waals surface area contributed by atoms with Crippen LogP contribution in [-0.4, -0.2) is 6.04 Å². The molecule has 3 heteroatoms. The molecule has 1 aromatic heterocycles. The summed E-state index contributed by atoms with van der Waals surface area (Å²) in [5, 5.41) is 5.98. The topological polar surface area (TPSA) is 12.0 Å². The van der Waals surface area contributed by atoms with Crippen molar-refractivity contribution in [1.29, 1.82) is 0 Å². The van der Waals surface area contributed by atoms with E-state index in [9.17, 15) is 0 Å². The number of thiophene rings is 1. The first-order valence-electron chi connectivity index (χ1n) is 6.61. The molecule has 1 N–H and O–H groups in total. The van der Waals surface area contributed by atoms with E-state index in [1.165, 1.54) is 28.6 Å². The molecule has 17 heavy (non-hydrogen) atoms. The molecule has 4 unspecified atom stereocenters. The largest absolute Gasteiger partial charge is 0.306 e. The predicted molar refractivity (Wildman–Crippen MR) is 79.5 cm³/mol. The first-order valence-corrected chi connectivity index (χ1v) is 8.29. The first kappa shape index (κ1) is 13.6. The van der Waals surface area contributed by atoms with E-state index in [4.69, 9.17) is 0 Å². The molecule has 1 saturated carbocycles. The van der Waals surface area contributed by atoms with Gasteiger partial charge in [-0.1, -0.05) is 20.3 Å². The Morgan fingerprint density at radius 2 is 2.29 bits per heavy atom. The standard InChI is InChI=1S/C14H22BrNS/c1-4-11-5-6-13(9(11)2)16-10(3)14-7-12(15)8-17-14/h7-11,13,16H,4-6H2,1-3H3. The zero-order valence-corrected chi connectivity index (χ0v) is 13.3. The van der Waals surface area contributed by atoms with E-state index >= 15 is 0 Å². The normalized spacial score (nSPS) is 30.7. The fourth-order valence-electron chi connectivity index (χ4n) is 3.02. The summed E-state index contributed by atoms with van der Waals surface area (Å²) >= 11 is 5.37. The minimum atomic E-state index is 0.481. The third-order valence-corrected chi connectivity index (χ3v) is 6.11. The molecule has 0 aromatic carbocycles. The van der Waals surface area contributed by atoms with Crippen LogP contribution >= 0.6 is 27.3 Å². The molecular formula is C14H22BrNS. The Morgan fingerprint density at radius 3 is 2.82 bits per heavy atom. The molecule has 4 atom stereocenters. The van der Waals surface area contributed by atoms with Crippen molar-refractivity contribution in [2.24, 2.45) is 11.8 Å². The summed E-state index contributed by atoms with van der Waals surface area (Å²) in [6.07, 6.45) is 4.07. The van der Waals surface area contributed by atoms with Gasteiger partial charge in [-0.2, -0.15) is 0 Å². The van der Waals surface area contributed by atoms with Gasteiger partial charge >= 0.3 is 0 Å². The highest BCUT2D eigenvalue weighted by molar-refractivity contribution is 9.10. The van der Waals surface area contributed by atoms with Crippen LogP contribution in [0.2, 0.25) is 0 Å². The van der Waals surface area contributed by atoms with Gasteiger partial charge in [0.25, 0.3) is 0 Å². The van der Waals surface area contributed by atoms with Gasteiger partial charge in [-0.25, -0.2) is 0 Å². The molecule has 1 heterocycles. The lowest BCUT2D eigenvalue weighted by molar-refractivity contribution is 0.328. The second-order valence-electron chi connectivity index (χ2n) is 5.27. The Hall–Kier alpha value is 0.140. The second-order valence-corrected chi connectivity index (χ2v) is 7.13. The average Bonchev–Trinajstić information content (AvgIpc) is 2.87. The summed E-state index contributed by atoms with van der Waals surface area (Å²) in [5.74, 6) is 1.75. The second kappa shape index (κ2) is 5.85. The van der Waals surface area contributed by atoms with Crippen LogP contribution in [0.15, 0.2) is 15.9 Å². The van der Waals surface area contributed by atoms with Gasteiger partial charge in [0.15, 0.2) is 0 Å². The van der Waals surface area contributed by atoms with E-state index in [0.717, 1.165) is 11.8 Å². The maximum absolute atomic E-state index is 3.81. The van der Waals surface area contributed by atoms with Crippen LogP contribution in [0, 0.1) is 11.8 Å². The maximum Gasteiger partial charge on any atom is 0.0388 e. The minimum Gasteiger partial charge on any atom is -0.306 e. The Morgan fingerprint density at radius 1 is 1.53 bits per heavy atom. The Labute approximate surface area is 117 Å². The molecule has 0 saturated heterocycles. The van der Waals surface area contributed by atoms with E-state index < -0.39 is 0 Å². The molecule has 2 rings (SSSR count). The molecule has 0 radical (unpaired) electrons. The van der Waals surface area contributed by atoms with Gasteiger partial charge in [0.05, 0.1) is 0 Å². The molecule has 1 aliphatic rings. The van der Waals surface area contributed by atoms with Crippen molar-refractivity contribution >= 4 is 27.3 Å². The number of nitrogens with one attached hydrogen (secondary N) is 1. The monoisotopic (exact) mass is 315 g/mol. The van der Waals surface area contributed by atoms with Gasteiger partial charge in [0.2, 0.25) is 0 Å². The van der Waals surface area contributed by atoms with Crippen molar-refractivity contribution in [2.75, 3.05) is 0 Å². The SMILES string of the molecule is CCC1CCC(NC(C)c2cc(Br)cs2)C1C.